The highest BCUT2D eigenvalue weighted by atomic mass is 35.5. The van der Waals surface area contributed by atoms with Crippen LogP contribution in [0.3, 0.4) is 0 Å². The van der Waals surface area contributed by atoms with Crippen LogP contribution in [-0.4, -0.2) is 32.2 Å². The number of fused-ring (bicyclic) bond motifs is 1. The van der Waals surface area contributed by atoms with Gasteiger partial charge in [0.1, 0.15) is 5.52 Å². The van der Waals surface area contributed by atoms with Crippen LogP contribution < -0.4 is 5.32 Å². The lowest BCUT2D eigenvalue weighted by atomic mass is 9.90. The van der Waals surface area contributed by atoms with Crippen molar-refractivity contribution in [2.45, 2.75) is 31.9 Å². The zero-order chi connectivity index (χ0) is 12.7. The zero-order valence-corrected chi connectivity index (χ0v) is 10.6. The number of hydrogen-bond acceptors (Lipinski definition) is 5. The maximum Gasteiger partial charge on any atom is 0.172 e. The Morgan fingerprint density at radius 2 is 2.11 bits per heavy atom. The Balaban J connectivity index is 1.93. The predicted octanol–water partition coefficient (Wildman–Crippen LogP) is 1.92. The number of rotatable bonds is 2. The highest BCUT2D eigenvalue weighted by Crippen LogP contribution is 2.27. The van der Waals surface area contributed by atoms with E-state index in [9.17, 15) is 5.11 Å². The average Bonchev–Trinajstić information content (AvgIpc) is 2.28. The van der Waals surface area contributed by atoms with Gasteiger partial charge in [-0.05, 0) is 25.8 Å². The van der Waals surface area contributed by atoms with E-state index in [4.69, 9.17) is 11.6 Å². The number of nitrogens with one attached hydrogen (secondary N) is 1. The summed E-state index contributed by atoms with van der Waals surface area (Å²) < 4.78 is 0. The van der Waals surface area contributed by atoms with Crippen LogP contribution in [0.15, 0.2) is 12.3 Å². The molecular formula is C12H13ClN4O. The molecule has 0 aliphatic heterocycles. The van der Waals surface area contributed by atoms with Gasteiger partial charge in [-0.25, -0.2) is 9.97 Å². The van der Waals surface area contributed by atoms with Gasteiger partial charge in [-0.1, -0.05) is 11.6 Å². The smallest absolute Gasteiger partial charge is 0.172 e. The van der Waals surface area contributed by atoms with Gasteiger partial charge in [-0.2, -0.15) is 0 Å². The van der Waals surface area contributed by atoms with E-state index < -0.39 is 0 Å². The molecule has 0 amide bonds. The summed E-state index contributed by atoms with van der Waals surface area (Å²) in [6.07, 6.45) is 2.92. The van der Waals surface area contributed by atoms with Gasteiger partial charge in [0.25, 0.3) is 0 Å². The maximum absolute atomic E-state index is 9.26. The Hall–Kier alpha value is -1.46. The van der Waals surface area contributed by atoms with Crippen molar-refractivity contribution in [2.24, 2.45) is 0 Å². The predicted molar refractivity (Wildman–Crippen MR) is 69.7 cm³/mol. The van der Waals surface area contributed by atoms with Gasteiger partial charge in [-0.15, -0.1) is 0 Å². The van der Waals surface area contributed by atoms with Crippen molar-refractivity contribution in [2.75, 3.05) is 5.32 Å². The Kier molecular flexibility index (Phi) is 2.80. The van der Waals surface area contributed by atoms with E-state index in [1.807, 2.05) is 13.0 Å². The Morgan fingerprint density at radius 3 is 2.83 bits per heavy atom. The van der Waals surface area contributed by atoms with Crippen LogP contribution in [0.25, 0.3) is 11.0 Å². The number of hydrogen-bond donors (Lipinski definition) is 2. The molecule has 18 heavy (non-hydrogen) atoms. The fourth-order valence-electron chi connectivity index (χ4n) is 2.03. The minimum absolute atomic E-state index is 0.207. The Labute approximate surface area is 109 Å². The first-order valence-electron chi connectivity index (χ1n) is 5.86. The second-order valence-electron chi connectivity index (χ2n) is 4.64. The number of halogens is 1. The monoisotopic (exact) mass is 264 g/mol. The Bertz CT molecular complexity index is 598. The number of aliphatic hydroxyl groups excluding tert-OH is 1. The van der Waals surface area contributed by atoms with E-state index in [1.54, 1.807) is 6.20 Å². The quantitative estimate of drug-likeness (QED) is 0.867. The highest BCUT2D eigenvalue weighted by molar-refractivity contribution is 6.32. The largest absolute Gasteiger partial charge is 0.393 e. The third kappa shape index (κ3) is 2.11. The standard InChI is InChI=1S/C12H13ClN4O/c1-6-2-9-10(5-14-6)16-11(13)12(17-9)15-7-3-8(18)4-7/h2,5,7-8,18H,3-4H2,1H3,(H,15,17)/t7-,8+. The third-order valence-corrected chi connectivity index (χ3v) is 3.36. The lowest BCUT2D eigenvalue weighted by Crippen LogP contribution is -2.39. The van der Waals surface area contributed by atoms with Crippen LogP contribution in [0.5, 0.6) is 0 Å². The lowest BCUT2D eigenvalue weighted by Gasteiger charge is -2.32. The van der Waals surface area contributed by atoms with Crippen LogP contribution >= 0.6 is 11.6 Å². The SMILES string of the molecule is Cc1cc2nc(N[C@H]3C[C@@H](O)C3)c(Cl)nc2cn1. The van der Waals surface area contributed by atoms with Crippen molar-refractivity contribution < 1.29 is 5.11 Å². The summed E-state index contributed by atoms with van der Waals surface area (Å²) >= 11 is 6.08. The van der Waals surface area contributed by atoms with E-state index >= 15 is 0 Å². The first-order valence-corrected chi connectivity index (χ1v) is 6.24. The first-order chi connectivity index (χ1) is 8.61. The summed E-state index contributed by atoms with van der Waals surface area (Å²) in [6, 6.07) is 2.10. The van der Waals surface area contributed by atoms with Gasteiger partial charge in [0, 0.05) is 11.7 Å². The molecule has 1 aliphatic carbocycles. The summed E-state index contributed by atoms with van der Waals surface area (Å²) in [5, 5.41) is 12.8. The van der Waals surface area contributed by atoms with Crippen LogP contribution in [-0.2, 0) is 0 Å². The van der Waals surface area contributed by atoms with E-state index in [0.29, 0.717) is 16.5 Å². The van der Waals surface area contributed by atoms with E-state index in [0.717, 1.165) is 24.1 Å². The molecule has 2 aromatic rings. The molecule has 1 saturated carbocycles. The van der Waals surface area contributed by atoms with Crippen LogP contribution in [0.2, 0.25) is 5.15 Å². The molecule has 0 bridgehead atoms. The van der Waals surface area contributed by atoms with Crippen LogP contribution in [0.4, 0.5) is 5.82 Å². The van der Waals surface area contributed by atoms with E-state index in [1.165, 1.54) is 0 Å². The number of pyridine rings is 1. The van der Waals surface area contributed by atoms with E-state index in [2.05, 4.69) is 20.3 Å². The lowest BCUT2D eigenvalue weighted by molar-refractivity contribution is 0.0835. The molecule has 3 rings (SSSR count). The number of aromatic nitrogens is 3. The number of anilines is 1. The summed E-state index contributed by atoms with van der Waals surface area (Å²) in [5.74, 6) is 0.576. The Morgan fingerprint density at radius 1 is 1.33 bits per heavy atom. The molecule has 6 heteroatoms. The van der Waals surface area contributed by atoms with Crippen molar-refractivity contribution in [3.63, 3.8) is 0 Å². The fourth-order valence-corrected chi connectivity index (χ4v) is 2.22. The number of nitrogens with zero attached hydrogens (tertiary/aromatic N) is 3. The van der Waals surface area contributed by atoms with Gasteiger partial charge in [-0.3, -0.25) is 4.98 Å². The molecule has 0 radical (unpaired) electrons. The molecule has 1 aliphatic rings. The summed E-state index contributed by atoms with van der Waals surface area (Å²) in [7, 11) is 0. The zero-order valence-electron chi connectivity index (χ0n) is 9.89. The minimum atomic E-state index is -0.207. The van der Waals surface area contributed by atoms with Crippen molar-refractivity contribution >= 4 is 28.5 Å². The molecule has 2 N–H and O–H groups in total. The maximum atomic E-state index is 9.26. The van der Waals surface area contributed by atoms with Gasteiger partial charge in [0.2, 0.25) is 0 Å². The molecule has 2 aromatic heterocycles. The topological polar surface area (TPSA) is 70.9 Å². The molecule has 0 saturated heterocycles. The minimum Gasteiger partial charge on any atom is -0.393 e. The molecule has 0 unspecified atom stereocenters. The summed E-state index contributed by atoms with van der Waals surface area (Å²) in [5.41, 5.74) is 2.35. The number of aryl methyl sites for hydroxylation is 1. The molecule has 0 aromatic carbocycles. The second kappa shape index (κ2) is 4.33. The number of aliphatic hydroxyl groups is 1. The highest BCUT2D eigenvalue weighted by Gasteiger charge is 2.28. The molecule has 1 fully saturated rings. The van der Waals surface area contributed by atoms with E-state index in [-0.39, 0.29) is 12.1 Å². The van der Waals surface area contributed by atoms with Crippen molar-refractivity contribution in [1.29, 1.82) is 0 Å². The summed E-state index contributed by atoms with van der Waals surface area (Å²) in [6.45, 7) is 1.91. The second-order valence-corrected chi connectivity index (χ2v) is 5.00. The molecular weight excluding hydrogens is 252 g/mol. The van der Waals surface area contributed by atoms with Gasteiger partial charge in [0.15, 0.2) is 11.0 Å². The van der Waals surface area contributed by atoms with Gasteiger partial charge in [0.05, 0.1) is 17.8 Å². The van der Waals surface area contributed by atoms with Crippen molar-refractivity contribution in [1.82, 2.24) is 15.0 Å². The first kappa shape index (κ1) is 11.6. The molecule has 2 heterocycles. The van der Waals surface area contributed by atoms with Gasteiger partial charge >= 0.3 is 0 Å². The average molecular weight is 265 g/mol. The van der Waals surface area contributed by atoms with Crippen LogP contribution in [0.1, 0.15) is 18.5 Å². The third-order valence-electron chi connectivity index (χ3n) is 3.10. The van der Waals surface area contributed by atoms with Crippen molar-refractivity contribution in [3.05, 3.63) is 23.1 Å². The molecule has 5 nitrogen and oxygen atoms in total. The molecule has 94 valence electrons. The van der Waals surface area contributed by atoms with Gasteiger partial charge < -0.3 is 10.4 Å². The summed E-state index contributed by atoms with van der Waals surface area (Å²) in [4.78, 5) is 12.9. The van der Waals surface area contributed by atoms with Crippen LogP contribution in [0, 0.1) is 6.92 Å². The normalized spacial score (nSPS) is 22.8. The van der Waals surface area contributed by atoms with Crippen molar-refractivity contribution in [3.8, 4) is 0 Å². The fraction of sp³-hybridized carbons (Fsp3) is 0.417. The molecule has 0 atom stereocenters. The molecule has 0 spiro atoms.